The van der Waals surface area contributed by atoms with Crippen molar-refractivity contribution < 1.29 is 25.2 Å². The SMILES string of the molecule is CCCCCC/C=C\CCCCCCCC(=O)O.OCCN(CCO)CCO. The van der Waals surface area contributed by atoms with E-state index < -0.39 is 5.97 Å². The first-order valence-electron chi connectivity index (χ1n) is 11.0. The van der Waals surface area contributed by atoms with Crippen molar-refractivity contribution in [3.05, 3.63) is 12.2 Å². The van der Waals surface area contributed by atoms with Gasteiger partial charge in [-0.15, -0.1) is 0 Å². The predicted molar refractivity (Wildman–Crippen MR) is 116 cm³/mol. The Morgan fingerprint density at radius 3 is 1.57 bits per heavy atom. The van der Waals surface area contributed by atoms with Crippen LogP contribution >= 0.6 is 0 Å². The zero-order valence-electron chi connectivity index (χ0n) is 18.0. The Kier molecular flexibility index (Phi) is 27.2. The summed E-state index contributed by atoms with van der Waals surface area (Å²) in [7, 11) is 0. The molecule has 0 aliphatic heterocycles. The summed E-state index contributed by atoms with van der Waals surface area (Å²) >= 11 is 0. The van der Waals surface area contributed by atoms with Crippen LogP contribution in [-0.4, -0.2) is 70.8 Å². The van der Waals surface area contributed by atoms with Crippen molar-refractivity contribution in [2.24, 2.45) is 0 Å². The number of aliphatic hydroxyl groups is 3. The molecule has 0 saturated carbocycles. The first-order valence-corrected chi connectivity index (χ1v) is 11.0. The molecule has 0 saturated heterocycles. The molecule has 4 N–H and O–H groups in total. The molecule has 0 fully saturated rings. The van der Waals surface area contributed by atoms with Gasteiger partial charge in [0.1, 0.15) is 0 Å². The minimum absolute atomic E-state index is 0.0694. The number of carboxylic acids is 1. The highest BCUT2D eigenvalue weighted by Gasteiger charge is 2.00. The van der Waals surface area contributed by atoms with E-state index in [4.69, 9.17) is 20.4 Å². The van der Waals surface area contributed by atoms with E-state index in [-0.39, 0.29) is 19.8 Å². The fourth-order valence-electron chi connectivity index (χ4n) is 2.75. The first kappa shape index (κ1) is 29.3. The van der Waals surface area contributed by atoms with Gasteiger partial charge in [0.25, 0.3) is 0 Å². The number of hydrogen-bond donors (Lipinski definition) is 4. The van der Waals surface area contributed by atoms with Crippen LogP contribution in [0.4, 0.5) is 0 Å². The Balaban J connectivity index is 0. The maximum Gasteiger partial charge on any atom is 0.303 e. The van der Waals surface area contributed by atoms with Crippen molar-refractivity contribution in [1.29, 1.82) is 0 Å². The van der Waals surface area contributed by atoms with Crippen LogP contribution in [0.15, 0.2) is 12.2 Å². The van der Waals surface area contributed by atoms with Gasteiger partial charge < -0.3 is 20.4 Å². The Bertz CT molecular complexity index is 323. The largest absolute Gasteiger partial charge is 0.481 e. The van der Waals surface area contributed by atoms with Gasteiger partial charge >= 0.3 is 5.97 Å². The monoisotopic (exact) mass is 403 g/mol. The van der Waals surface area contributed by atoms with Gasteiger partial charge in [0.2, 0.25) is 0 Å². The van der Waals surface area contributed by atoms with Crippen molar-refractivity contribution in [3.8, 4) is 0 Å². The molecule has 6 heteroatoms. The highest BCUT2D eigenvalue weighted by atomic mass is 16.4. The maximum absolute atomic E-state index is 10.3. The summed E-state index contributed by atoms with van der Waals surface area (Å²) in [5, 5.41) is 33.9. The topological polar surface area (TPSA) is 101 Å². The Labute approximate surface area is 172 Å². The van der Waals surface area contributed by atoms with Crippen molar-refractivity contribution in [2.75, 3.05) is 39.5 Å². The molecule has 28 heavy (non-hydrogen) atoms. The van der Waals surface area contributed by atoms with E-state index in [1.165, 1.54) is 57.8 Å². The maximum atomic E-state index is 10.3. The molecule has 0 aromatic rings. The van der Waals surface area contributed by atoms with Crippen LogP contribution < -0.4 is 0 Å². The molecule has 0 bridgehead atoms. The van der Waals surface area contributed by atoms with Crippen LogP contribution in [-0.2, 0) is 4.79 Å². The second-order valence-corrected chi connectivity index (χ2v) is 7.03. The second-order valence-electron chi connectivity index (χ2n) is 7.03. The molecule has 0 heterocycles. The van der Waals surface area contributed by atoms with Gasteiger partial charge in [-0.2, -0.15) is 0 Å². The third-order valence-electron chi connectivity index (χ3n) is 4.40. The van der Waals surface area contributed by atoms with Crippen LogP contribution in [0.5, 0.6) is 0 Å². The molecule has 0 aromatic heterocycles. The molecule has 0 aliphatic carbocycles. The van der Waals surface area contributed by atoms with Gasteiger partial charge in [-0.05, 0) is 32.1 Å². The van der Waals surface area contributed by atoms with Crippen LogP contribution in [0.3, 0.4) is 0 Å². The van der Waals surface area contributed by atoms with Gasteiger partial charge in [0, 0.05) is 26.1 Å². The normalized spacial score (nSPS) is 11.0. The number of hydrogen-bond acceptors (Lipinski definition) is 5. The summed E-state index contributed by atoms with van der Waals surface area (Å²) in [6, 6.07) is 0. The van der Waals surface area contributed by atoms with Gasteiger partial charge in [-0.3, -0.25) is 9.69 Å². The summed E-state index contributed by atoms with van der Waals surface area (Å²) in [5.41, 5.74) is 0. The highest BCUT2D eigenvalue weighted by molar-refractivity contribution is 5.66. The summed E-state index contributed by atoms with van der Waals surface area (Å²) in [5.74, 6) is -0.666. The minimum atomic E-state index is -0.666. The molecule has 0 radical (unpaired) electrons. The molecular formula is C22H45NO5. The molecular weight excluding hydrogens is 358 g/mol. The third kappa shape index (κ3) is 27.3. The fraction of sp³-hybridized carbons (Fsp3) is 0.864. The van der Waals surface area contributed by atoms with Crippen molar-refractivity contribution in [1.82, 2.24) is 4.90 Å². The lowest BCUT2D eigenvalue weighted by atomic mass is 10.1. The van der Waals surface area contributed by atoms with Gasteiger partial charge in [0.15, 0.2) is 0 Å². The lowest BCUT2D eigenvalue weighted by molar-refractivity contribution is -0.137. The average molecular weight is 404 g/mol. The molecule has 0 spiro atoms. The zero-order valence-corrected chi connectivity index (χ0v) is 18.0. The number of carbonyl (C=O) groups is 1. The standard InChI is InChI=1S/C16H30O2.C6H15NO3/c1-2-3-4-5-6-7-8-9-10-11-12-13-14-15-16(17)18;8-4-1-7(2-5-9)3-6-10/h7-8H,2-6,9-15H2,1H3,(H,17,18);8-10H,1-6H2/b8-7-;. The minimum Gasteiger partial charge on any atom is -0.481 e. The number of allylic oxidation sites excluding steroid dienone is 2. The van der Waals surface area contributed by atoms with Crippen LogP contribution in [0.2, 0.25) is 0 Å². The summed E-state index contributed by atoms with van der Waals surface area (Å²) in [4.78, 5) is 12.1. The third-order valence-corrected chi connectivity index (χ3v) is 4.40. The van der Waals surface area contributed by atoms with E-state index >= 15 is 0 Å². The number of carboxylic acid groups (broad SMARTS) is 1. The number of nitrogens with zero attached hydrogens (tertiary/aromatic N) is 1. The highest BCUT2D eigenvalue weighted by Crippen LogP contribution is 2.08. The van der Waals surface area contributed by atoms with Crippen molar-refractivity contribution >= 4 is 5.97 Å². The predicted octanol–water partition coefficient (Wildman–Crippen LogP) is 3.59. The first-order chi connectivity index (χ1) is 13.6. The Morgan fingerprint density at radius 2 is 1.14 bits per heavy atom. The molecule has 0 aromatic carbocycles. The quantitative estimate of drug-likeness (QED) is 0.194. The van der Waals surface area contributed by atoms with Gasteiger partial charge in [-0.25, -0.2) is 0 Å². The number of aliphatic hydroxyl groups excluding tert-OH is 3. The van der Waals surface area contributed by atoms with E-state index in [2.05, 4.69) is 19.1 Å². The molecule has 0 aliphatic rings. The van der Waals surface area contributed by atoms with Crippen LogP contribution in [0, 0.1) is 0 Å². The average Bonchev–Trinajstić information content (AvgIpc) is 2.66. The summed E-state index contributed by atoms with van der Waals surface area (Å²) < 4.78 is 0. The van der Waals surface area contributed by atoms with Gasteiger partial charge in [0.05, 0.1) is 19.8 Å². The van der Waals surface area contributed by atoms with Crippen molar-refractivity contribution in [2.45, 2.75) is 84.0 Å². The summed E-state index contributed by atoms with van der Waals surface area (Å²) in [6.45, 7) is 4.00. The lowest BCUT2D eigenvalue weighted by Gasteiger charge is -2.17. The number of rotatable bonds is 19. The Morgan fingerprint density at radius 1 is 0.714 bits per heavy atom. The van der Waals surface area contributed by atoms with E-state index in [9.17, 15) is 4.79 Å². The smallest absolute Gasteiger partial charge is 0.303 e. The Hall–Kier alpha value is -0.950. The summed E-state index contributed by atoms with van der Waals surface area (Å²) in [6.07, 6.45) is 18.3. The molecule has 6 nitrogen and oxygen atoms in total. The molecule has 0 amide bonds. The van der Waals surface area contributed by atoms with Crippen LogP contribution in [0.25, 0.3) is 0 Å². The van der Waals surface area contributed by atoms with E-state index in [1.54, 1.807) is 4.90 Å². The number of unbranched alkanes of at least 4 members (excludes halogenated alkanes) is 9. The second kappa shape index (κ2) is 26.1. The number of aliphatic carboxylic acids is 1. The lowest BCUT2D eigenvalue weighted by Crippen LogP contribution is -2.32. The molecule has 0 rings (SSSR count). The molecule has 0 unspecified atom stereocenters. The van der Waals surface area contributed by atoms with Crippen LogP contribution in [0.1, 0.15) is 84.0 Å². The molecule has 168 valence electrons. The van der Waals surface area contributed by atoms with E-state index in [1.807, 2.05) is 0 Å². The van der Waals surface area contributed by atoms with Gasteiger partial charge in [-0.1, -0.05) is 57.6 Å². The van der Waals surface area contributed by atoms with E-state index in [0.29, 0.717) is 26.1 Å². The van der Waals surface area contributed by atoms with E-state index in [0.717, 1.165) is 12.8 Å². The zero-order chi connectivity index (χ0) is 21.3. The fourth-order valence-corrected chi connectivity index (χ4v) is 2.75. The van der Waals surface area contributed by atoms with Crippen molar-refractivity contribution in [3.63, 3.8) is 0 Å². The molecule has 0 atom stereocenters.